The van der Waals surface area contributed by atoms with Crippen molar-refractivity contribution in [2.45, 2.75) is 19.8 Å². The molecule has 2 rings (SSSR count). The third kappa shape index (κ3) is 1.23. The minimum absolute atomic E-state index is 0.268. The third-order valence-corrected chi connectivity index (χ3v) is 2.37. The largest absolute Gasteiger partial charge is 0.396 e. The fraction of sp³-hybridized carbons (Fsp3) is 0.333. The second-order valence-electron chi connectivity index (χ2n) is 3.48. The van der Waals surface area contributed by atoms with Crippen LogP contribution in [-0.2, 0) is 0 Å². The summed E-state index contributed by atoms with van der Waals surface area (Å²) in [5, 5.41) is 8.65. The van der Waals surface area contributed by atoms with E-state index in [1.165, 1.54) is 0 Å². The molecule has 14 heavy (non-hydrogen) atoms. The average molecular weight is 211 g/mol. The highest BCUT2D eigenvalue weighted by Gasteiger charge is 2.13. The molecule has 0 aliphatic heterocycles. The van der Waals surface area contributed by atoms with Crippen LogP contribution in [-0.4, -0.2) is 14.6 Å². The van der Waals surface area contributed by atoms with E-state index in [1.807, 2.05) is 13.8 Å². The summed E-state index contributed by atoms with van der Waals surface area (Å²) in [4.78, 5) is 0. The zero-order valence-corrected chi connectivity index (χ0v) is 8.78. The highest BCUT2D eigenvalue weighted by atomic mass is 35.5. The van der Waals surface area contributed by atoms with Gasteiger partial charge in [-0.15, -0.1) is 10.2 Å². The Morgan fingerprint density at radius 2 is 2.07 bits per heavy atom. The first-order valence-corrected chi connectivity index (χ1v) is 4.78. The number of rotatable bonds is 1. The van der Waals surface area contributed by atoms with Gasteiger partial charge in [-0.05, 0) is 12.1 Å². The number of anilines is 1. The lowest BCUT2D eigenvalue weighted by Gasteiger charge is -2.05. The van der Waals surface area contributed by atoms with Gasteiger partial charge in [0.1, 0.15) is 11.0 Å². The Morgan fingerprint density at radius 3 is 2.71 bits per heavy atom. The number of nitrogens with zero attached hydrogens (tertiary/aromatic N) is 3. The van der Waals surface area contributed by atoms with E-state index in [0.29, 0.717) is 16.5 Å². The molecule has 2 N–H and O–H groups in total. The van der Waals surface area contributed by atoms with E-state index in [9.17, 15) is 0 Å². The number of nitrogen functional groups attached to an aromatic ring is 1. The summed E-state index contributed by atoms with van der Waals surface area (Å²) in [5.74, 6) is 1.10. The van der Waals surface area contributed by atoms with Crippen LogP contribution < -0.4 is 5.73 Å². The van der Waals surface area contributed by atoms with Crippen molar-refractivity contribution in [1.29, 1.82) is 0 Å². The third-order valence-electron chi connectivity index (χ3n) is 2.08. The maximum Gasteiger partial charge on any atom is 0.185 e. The number of nitrogens with two attached hydrogens (primary N) is 1. The predicted molar refractivity (Wildman–Crippen MR) is 56.5 cm³/mol. The lowest BCUT2D eigenvalue weighted by atomic mass is 10.2. The molecule has 0 saturated heterocycles. The molecule has 0 fully saturated rings. The maximum atomic E-state index is 6.05. The topological polar surface area (TPSA) is 56.2 Å². The average Bonchev–Trinajstić information content (AvgIpc) is 2.56. The highest BCUT2D eigenvalue weighted by Crippen LogP contribution is 2.22. The molecule has 0 bridgehead atoms. The van der Waals surface area contributed by atoms with Crippen LogP contribution in [0.2, 0.25) is 5.15 Å². The van der Waals surface area contributed by atoms with Gasteiger partial charge in [-0.3, -0.25) is 4.40 Å². The molecule has 0 aliphatic carbocycles. The van der Waals surface area contributed by atoms with Crippen molar-refractivity contribution in [3.05, 3.63) is 23.1 Å². The van der Waals surface area contributed by atoms with E-state index in [-0.39, 0.29) is 5.92 Å². The Morgan fingerprint density at radius 1 is 1.36 bits per heavy atom. The Bertz CT molecular complexity index is 475. The van der Waals surface area contributed by atoms with Gasteiger partial charge in [0.05, 0.1) is 5.69 Å². The quantitative estimate of drug-likeness (QED) is 0.734. The summed E-state index contributed by atoms with van der Waals surface area (Å²) < 4.78 is 1.78. The lowest BCUT2D eigenvalue weighted by molar-refractivity contribution is 0.759. The molecule has 2 aromatic heterocycles. The minimum Gasteiger partial charge on any atom is -0.396 e. The van der Waals surface area contributed by atoms with Crippen molar-refractivity contribution < 1.29 is 0 Å². The number of hydrogen-bond acceptors (Lipinski definition) is 3. The summed E-state index contributed by atoms with van der Waals surface area (Å²) in [6.07, 6.45) is 0. The van der Waals surface area contributed by atoms with E-state index >= 15 is 0 Å². The van der Waals surface area contributed by atoms with Crippen LogP contribution in [0.1, 0.15) is 25.6 Å². The van der Waals surface area contributed by atoms with Crippen molar-refractivity contribution in [2.75, 3.05) is 5.73 Å². The zero-order valence-electron chi connectivity index (χ0n) is 8.03. The standard InChI is InChI=1S/C9H11ClN4/c1-5(2)8-12-13-9-6(11)3-4-7(10)14(8)9/h3-5H,11H2,1-2H3. The first-order chi connectivity index (χ1) is 6.61. The van der Waals surface area contributed by atoms with E-state index in [1.54, 1.807) is 16.5 Å². The molecule has 4 nitrogen and oxygen atoms in total. The van der Waals surface area contributed by atoms with Gasteiger partial charge in [0.2, 0.25) is 0 Å². The SMILES string of the molecule is CC(C)c1nnc2c(N)ccc(Cl)n12. The van der Waals surface area contributed by atoms with Crippen molar-refractivity contribution in [1.82, 2.24) is 14.6 Å². The summed E-state index contributed by atoms with van der Waals surface area (Å²) in [6.45, 7) is 4.08. The first-order valence-electron chi connectivity index (χ1n) is 4.40. The van der Waals surface area contributed by atoms with Crippen LogP contribution in [0.3, 0.4) is 0 Å². The molecule has 0 amide bonds. The molecule has 74 valence electrons. The Kier molecular flexibility index (Phi) is 2.07. The van der Waals surface area contributed by atoms with Crippen molar-refractivity contribution in [3.8, 4) is 0 Å². The Hall–Kier alpha value is -1.29. The van der Waals surface area contributed by atoms with Crippen LogP contribution in [0.4, 0.5) is 5.69 Å². The normalized spacial score (nSPS) is 11.4. The number of aromatic nitrogens is 3. The van der Waals surface area contributed by atoms with Crippen LogP contribution in [0.15, 0.2) is 12.1 Å². The van der Waals surface area contributed by atoms with Crippen LogP contribution in [0.25, 0.3) is 5.65 Å². The van der Waals surface area contributed by atoms with Gasteiger partial charge in [0.15, 0.2) is 5.65 Å². The molecule has 2 aromatic rings. The molecule has 2 heterocycles. The number of hydrogen-bond donors (Lipinski definition) is 1. The Balaban J connectivity index is 2.84. The number of fused-ring (bicyclic) bond motifs is 1. The molecule has 5 heteroatoms. The zero-order chi connectivity index (χ0) is 10.3. The van der Waals surface area contributed by atoms with Gasteiger partial charge in [-0.2, -0.15) is 0 Å². The molecule has 0 aromatic carbocycles. The van der Waals surface area contributed by atoms with Gasteiger partial charge >= 0.3 is 0 Å². The van der Waals surface area contributed by atoms with Gasteiger partial charge in [-0.1, -0.05) is 25.4 Å². The second-order valence-corrected chi connectivity index (χ2v) is 3.87. The molecule has 0 atom stereocenters. The molecule has 0 radical (unpaired) electrons. The van der Waals surface area contributed by atoms with Gasteiger partial charge < -0.3 is 5.73 Å². The van der Waals surface area contributed by atoms with Crippen molar-refractivity contribution >= 4 is 22.9 Å². The summed E-state index contributed by atoms with van der Waals surface area (Å²) in [5.41, 5.74) is 6.97. The number of pyridine rings is 1. The van der Waals surface area contributed by atoms with Crippen LogP contribution >= 0.6 is 11.6 Å². The van der Waals surface area contributed by atoms with Gasteiger partial charge in [-0.25, -0.2) is 0 Å². The Labute approximate surface area is 86.7 Å². The summed E-state index contributed by atoms with van der Waals surface area (Å²) in [6, 6.07) is 3.48. The van der Waals surface area contributed by atoms with Crippen molar-refractivity contribution in [3.63, 3.8) is 0 Å². The van der Waals surface area contributed by atoms with Gasteiger partial charge in [0, 0.05) is 5.92 Å². The lowest BCUT2D eigenvalue weighted by Crippen LogP contribution is -1.99. The molecule has 0 aliphatic rings. The molecular weight excluding hydrogens is 200 g/mol. The van der Waals surface area contributed by atoms with Crippen LogP contribution in [0, 0.1) is 0 Å². The monoisotopic (exact) mass is 210 g/mol. The minimum atomic E-state index is 0.268. The molecule has 0 spiro atoms. The van der Waals surface area contributed by atoms with E-state index in [4.69, 9.17) is 17.3 Å². The fourth-order valence-corrected chi connectivity index (χ4v) is 1.60. The number of halogens is 1. The fourth-order valence-electron chi connectivity index (χ4n) is 1.38. The van der Waals surface area contributed by atoms with Crippen LogP contribution in [0.5, 0.6) is 0 Å². The second kappa shape index (κ2) is 3.13. The molecular formula is C9H11ClN4. The van der Waals surface area contributed by atoms with E-state index in [0.717, 1.165) is 5.82 Å². The molecule has 0 saturated carbocycles. The first kappa shape index (κ1) is 9.27. The smallest absolute Gasteiger partial charge is 0.185 e. The maximum absolute atomic E-state index is 6.05. The predicted octanol–water partition coefficient (Wildman–Crippen LogP) is 2.09. The highest BCUT2D eigenvalue weighted by molar-refractivity contribution is 6.29. The summed E-state index contributed by atoms with van der Waals surface area (Å²) >= 11 is 6.05. The van der Waals surface area contributed by atoms with E-state index < -0.39 is 0 Å². The van der Waals surface area contributed by atoms with E-state index in [2.05, 4.69) is 10.2 Å². The molecule has 0 unspecified atom stereocenters. The van der Waals surface area contributed by atoms with Gasteiger partial charge in [0.25, 0.3) is 0 Å². The summed E-state index contributed by atoms with van der Waals surface area (Å²) in [7, 11) is 0. The van der Waals surface area contributed by atoms with Crippen molar-refractivity contribution in [2.24, 2.45) is 0 Å².